The van der Waals surface area contributed by atoms with Gasteiger partial charge in [0.1, 0.15) is 11.8 Å². The number of aryl methyl sites for hydroxylation is 3. The van der Waals surface area contributed by atoms with Crippen molar-refractivity contribution in [1.29, 1.82) is 0 Å². The maximum absolute atomic E-state index is 3.96. The third-order valence-corrected chi connectivity index (χ3v) is 7.04. The number of benzene rings is 5. The summed E-state index contributed by atoms with van der Waals surface area (Å²) < 4.78 is 0. The third-order valence-electron chi connectivity index (χ3n) is 7.04. The first-order valence-electron chi connectivity index (χ1n) is 12.3. The molecule has 0 radical (unpaired) electrons. The molecule has 0 unspecified atom stereocenters. The highest BCUT2D eigenvalue weighted by Crippen LogP contribution is 2.15. The lowest BCUT2D eigenvalue weighted by molar-refractivity contribution is -0.256. The van der Waals surface area contributed by atoms with E-state index in [1.54, 1.807) is 0 Å². The van der Waals surface area contributed by atoms with Crippen molar-refractivity contribution in [2.75, 3.05) is 0 Å². The topological polar surface area (TPSA) is 27.6 Å². The van der Waals surface area contributed by atoms with E-state index in [-0.39, 0.29) is 0 Å². The summed E-state index contributed by atoms with van der Waals surface area (Å²) in [6, 6.07) is 47.9. The summed E-state index contributed by atoms with van der Waals surface area (Å²) >= 11 is 0. The van der Waals surface area contributed by atoms with E-state index in [0.29, 0.717) is 0 Å². The molecule has 0 atom stereocenters. The fourth-order valence-corrected chi connectivity index (χ4v) is 5.33. The van der Waals surface area contributed by atoms with Crippen LogP contribution in [0.25, 0.3) is 0 Å². The van der Waals surface area contributed by atoms with Gasteiger partial charge in [0.05, 0.1) is 0 Å². The summed E-state index contributed by atoms with van der Waals surface area (Å²) in [7, 11) is 0. The van der Waals surface area contributed by atoms with Gasteiger partial charge in [-0.25, -0.2) is 0 Å². The van der Waals surface area contributed by atoms with Crippen LogP contribution in [0.4, 0.5) is 5.69 Å². The Labute approximate surface area is 210 Å². The van der Waals surface area contributed by atoms with Crippen LogP contribution in [-0.4, -0.2) is 6.15 Å². The van der Waals surface area contributed by atoms with E-state index in [1.807, 2.05) is 0 Å². The quantitative estimate of drug-likeness (QED) is 0.385. The minimum atomic E-state index is -1.22. The molecule has 0 fully saturated rings. The van der Waals surface area contributed by atoms with Gasteiger partial charge in [0, 0.05) is 11.1 Å². The Balaban J connectivity index is 0.000000243. The van der Waals surface area contributed by atoms with Crippen LogP contribution in [0.15, 0.2) is 133 Å². The predicted octanol–water partition coefficient (Wildman–Crippen LogP) is 4.55. The molecule has 0 aliphatic carbocycles. The molecular weight excluding hydrogens is 421 g/mol. The van der Waals surface area contributed by atoms with Gasteiger partial charge in [-0.05, 0) is 20.8 Å². The summed E-state index contributed by atoms with van der Waals surface area (Å²) in [6.45, 7) is 6.31. The molecule has 174 valence electrons. The van der Waals surface area contributed by atoms with Gasteiger partial charge in [0.15, 0.2) is 0 Å². The van der Waals surface area contributed by atoms with Gasteiger partial charge in [0.2, 0.25) is 0 Å². The molecule has 0 aliphatic heterocycles. The zero-order valence-electron chi connectivity index (χ0n) is 21.0. The fourth-order valence-electron chi connectivity index (χ4n) is 5.33. The molecule has 35 heavy (non-hydrogen) atoms. The molecule has 0 aliphatic rings. The van der Waals surface area contributed by atoms with Gasteiger partial charge in [-0.1, -0.05) is 139 Å². The Morgan fingerprint density at radius 2 is 0.686 bits per heavy atom. The van der Waals surface area contributed by atoms with Crippen LogP contribution >= 0.6 is 0 Å². The van der Waals surface area contributed by atoms with E-state index < -0.39 is 6.15 Å². The molecule has 0 aromatic heterocycles. The second-order valence-electron chi connectivity index (χ2n) is 9.39. The molecule has 0 saturated heterocycles. The van der Waals surface area contributed by atoms with Crippen molar-refractivity contribution in [3.8, 4) is 0 Å². The van der Waals surface area contributed by atoms with Gasteiger partial charge in [-0.3, -0.25) is 0 Å². The Morgan fingerprint density at radius 3 is 0.943 bits per heavy atom. The average Bonchev–Trinajstić information content (AvgIpc) is 2.91. The maximum Gasteiger partial charge on any atom is 0.133 e. The molecule has 3 N–H and O–H groups in total. The van der Waals surface area contributed by atoms with Gasteiger partial charge in [0.25, 0.3) is 0 Å². The fraction of sp³-hybridized carbons (Fsp3) is 0.0909. The Morgan fingerprint density at radius 1 is 0.429 bits per heavy atom. The van der Waals surface area contributed by atoms with Crippen molar-refractivity contribution < 1.29 is 5.73 Å². The monoisotopic (exact) mass is 455 g/mol. The van der Waals surface area contributed by atoms with Crippen molar-refractivity contribution in [2.24, 2.45) is 0 Å². The van der Waals surface area contributed by atoms with Gasteiger partial charge < -0.3 is 5.73 Å². The lowest BCUT2D eigenvalue weighted by Gasteiger charge is -2.44. The van der Waals surface area contributed by atoms with Crippen molar-refractivity contribution in [3.05, 3.63) is 150 Å². The van der Waals surface area contributed by atoms with Crippen molar-refractivity contribution in [1.82, 2.24) is 0 Å². The van der Waals surface area contributed by atoms with E-state index in [4.69, 9.17) is 0 Å². The van der Waals surface area contributed by atoms with Crippen molar-refractivity contribution >= 4 is 33.7 Å². The number of quaternary nitrogens is 1. The molecule has 1 nitrogen and oxygen atoms in total. The highest BCUT2D eigenvalue weighted by Gasteiger charge is 2.30. The van der Waals surface area contributed by atoms with E-state index in [1.165, 1.54) is 44.2 Å². The maximum atomic E-state index is 3.96. The smallest absolute Gasteiger partial charge is 0.133 e. The van der Waals surface area contributed by atoms with E-state index in [9.17, 15) is 0 Å². The minimum absolute atomic E-state index is 1.17. The Bertz CT molecular complexity index is 1160. The van der Waals surface area contributed by atoms with Crippen LogP contribution in [-0.2, 0) is 0 Å². The SMILES string of the molecule is Cc1cc(C)c([NH3+])c(C)c1.c1ccc([B-](c2ccccc2)(c2ccccc2)c2ccccc2)cc1. The molecular formula is C33H34BN. The second kappa shape index (κ2) is 11.0. The summed E-state index contributed by atoms with van der Waals surface area (Å²) in [5.41, 5.74) is 14.4. The van der Waals surface area contributed by atoms with Crippen LogP contribution in [0.1, 0.15) is 16.7 Å². The van der Waals surface area contributed by atoms with Crippen LogP contribution in [0.3, 0.4) is 0 Å². The van der Waals surface area contributed by atoms with Gasteiger partial charge >= 0.3 is 0 Å². The van der Waals surface area contributed by atoms with E-state index >= 15 is 0 Å². The van der Waals surface area contributed by atoms with Crippen LogP contribution in [0.5, 0.6) is 0 Å². The number of hydrogen-bond acceptors (Lipinski definition) is 0. The summed E-state index contributed by atoms with van der Waals surface area (Å²) in [6.07, 6.45) is -1.22. The molecule has 0 saturated carbocycles. The van der Waals surface area contributed by atoms with Gasteiger partial charge in [-0.15, -0.1) is 0 Å². The molecule has 0 spiro atoms. The van der Waals surface area contributed by atoms with Crippen molar-refractivity contribution in [2.45, 2.75) is 20.8 Å². The molecule has 0 heterocycles. The van der Waals surface area contributed by atoms with Crippen LogP contribution in [0, 0.1) is 20.8 Å². The molecule has 2 heteroatoms. The average molecular weight is 455 g/mol. The Kier molecular flexibility index (Phi) is 7.65. The first-order chi connectivity index (χ1) is 17.0. The molecule has 0 amide bonds. The number of hydrogen-bond donors (Lipinski definition) is 1. The largest absolute Gasteiger partial charge is 0.325 e. The molecule has 5 aromatic rings. The molecule has 5 rings (SSSR count). The predicted molar refractivity (Wildman–Crippen MR) is 153 cm³/mol. The zero-order valence-corrected chi connectivity index (χ0v) is 21.0. The molecule has 0 bridgehead atoms. The van der Waals surface area contributed by atoms with Crippen LogP contribution in [0.2, 0.25) is 0 Å². The number of rotatable bonds is 4. The first kappa shape index (κ1) is 24.3. The van der Waals surface area contributed by atoms with Crippen LogP contribution < -0.4 is 27.6 Å². The lowest BCUT2D eigenvalue weighted by atomic mass is 9.13. The lowest BCUT2D eigenvalue weighted by Crippen LogP contribution is -2.74. The second-order valence-corrected chi connectivity index (χ2v) is 9.39. The first-order valence-corrected chi connectivity index (χ1v) is 12.3. The third kappa shape index (κ3) is 5.13. The summed E-state index contributed by atoms with van der Waals surface area (Å²) in [5.74, 6) is 0. The minimum Gasteiger partial charge on any atom is -0.325 e. The molecule has 5 aromatic carbocycles. The highest BCUT2D eigenvalue weighted by atomic mass is 14.6. The summed E-state index contributed by atoms with van der Waals surface area (Å²) in [5, 5.41) is 0. The van der Waals surface area contributed by atoms with Gasteiger partial charge in [-0.2, -0.15) is 21.9 Å². The Hall–Kier alpha value is -3.88. The van der Waals surface area contributed by atoms with E-state index in [2.05, 4.69) is 160 Å². The normalized spacial score (nSPS) is 10.9. The van der Waals surface area contributed by atoms with Crippen molar-refractivity contribution in [3.63, 3.8) is 0 Å². The van der Waals surface area contributed by atoms with E-state index in [0.717, 1.165) is 0 Å². The zero-order chi connectivity index (χ0) is 24.7. The summed E-state index contributed by atoms with van der Waals surface area (Å²) in [4.78, 5) is 0. The standard InChI is InChI=1S/C24H20B.C9H13N/c1-5-13-21(14-6-1)25(22-15-7-2-8-16-22,23-17-9-3-10-18-23)24-19-11-4-12-20-24;1-6-4-7(2)9(10)8(3)5-6/h1-20H;4-5H,10H2,1-3H3/q-1;/p+1. The highest BCUT2D eigenvalue weighted by molar-refractivity contribution is 7.19.